The smallest absolute Gasteiger partial charge is 0.323 e. The standard InChI is InChI=1S/C17H11F2N5O/c18-11-6-7-13(12(19)8-11)20-16-21-14(10-4-2-1-3-5-10)9-15-22-23-17(25)24(15)16/h1-9H,(H,20,21)(H,23,25). The largest absolute Gasteiger partial charge is 0.350 e. The zero-order valence-electron chi connectivity index (χ0n) is 12.7. The summed E-state index contributed by atoms with van der Waals surface area (Å²) >= 11 is 0. The highest BCUT2D eigenvalue weighted by molar-refractivity contribution is 5.67. The fourth-order valence-corrected chi connectivity index (χ4v) is 2.48. The van der Waals surface area contributed by atoms with Crippen molar-refractivity contribution in [3.05, 3.63) is 76.7 Å². The molecule has 6 nitrogen and oxygen atoms in total. The molecule has 0 fully saturated rings. The lowest BCUT2D eigenvalue weighted by molar-refractivity contribution is 0.586. The maximum Gasteiger partial charge on any atom is 0.350 e. The molecule has 2 N–H and O–H groups in total. The van der Waals surface area contributed by atoms with Gasteiger partial charge in [-0.05, 0) is 12.1 Å². The molecule has 0 radical (unpaired) electrons. The average Bonchev–Trinajstić information content (AvgIpc) is 2.99. The summed E-state index contributed by atoms with van der Waals surface area (Å²) in [7, 11) is 0. The summed E-state index contributed by atoms with van der Waals surface area (Å²) in [5, 5.41) is 8.99. The minimum Gasteiger partial charge on any atom is -0.323 e. The molecule has 0 atom stereocenters. The van der Waals surface area contributed by atoms with Crippen molar-refractivity contribution in [1.82, 2.24) is 19.6 Å². The Bertz CT molecular complexity index is 1120. The quantitative estimate of drug-likeness (QED) is 0.601. The van der Waals surface area contributed by atoms with Gasteiger partial charge in [0, 0.05) is 17.7 Å². The lowest BCUT2D eigenvalue weighted by atomic mass is 10.1. The molecule has 0 bridgehead atoms. The molecule has 8 heteroatoms. The number of H-pyrrole nitrogens is 1. The minimum absolute atomic E-state index is 0.00601. The number of anilines is 2. The van der Waals surface area contributed by atoms with Crippen LogP contribution in [0.25, 0.3) is 16.9 Å². The van der Waals surface area contributed by atoms with Gasteiger partial charge in [0.1, 0.15) is 11.6 Å². The van der Waals surface area contributed by atoms with Gasteiger partial charge in [-0.1, -0.05) is 30.3 Å². The van der Waals surface area contributed by atoms with E-state index in [0.29, 0.717) is 11.3 Å². The molecule has 2 aromatic carbocycles. The summed E-state index contributed by atoms with van der Waals surface area (Å²) in [5.41, 5.74) is 1.16. The maximum absolute atomic E-state index is 13.9. The minimum atomic E-state index is -0.795. The van der Waals surface area contributed by atoms with E-state index in [1.54, 1.807) is 6.07 Å². The van der Waals surface area contributed by atoms with Crippen LogP contribution < -0.4 is 11.0 Å². The first-order chi connectivity index (χ1) is 12.1. The molecular formula is C17H11F2N5O. The van der Waals surface area contributed by atoms with E-state index in [1.807, 2.05) is 30.3 Å². The van der Waals surface area contributed by atoms with Crippen LogP contribution in [-0.2, 0) is 0 Å². The molecule has 0 aliphatic heterocycles. The van der Waals surface area contributed by atoms with Gasteiger partial charge in [0.15, 0.2) is 5.65 Å². The molecule has 0 amide bonds. The molecule has 0 saturated carbocycles. The van der Waals surface area contributed by atoms with Crippen LogP contribution in [0.2, 0.25) is 0 Å². The van der Waals surface area contributed by atoms with Crippen molar-refractivity contribution in [2.45, 2.75) is 0 Å². The van der Waals surface area contributed by atoms with Gasteiger partial charge >= 0.3 is 5.69 Å². The first kappa shape index (κ1) is 15.0. The third-order valence-corrected chi connectivity index (χ3v) is 3.65. The third kappa shape index (κ3) is 2.74. The Morgan fingerprint density at radius 1 is 1.04 bits per heavy atom. The normalized spacial score (nSPS) is 11.0. The van der Waals surface area contributed by atoms with Crippen molar-refractivity contribution >= 4 is 17.3 Å². The predicted octanol–water partition coefficient (Wildman–Crippen LogP) is 3.11. The highest BCUT2D eigenvalue weighted by Crippen LogP contribution is 2.23. The maximum atomic E-state index is 13.9. The highest BCUT2D eigenvalue weighted by Gasteiger charge is 2.13. The van der Waals surface area contributed by atoms with Gasteiger partial charge in [-0.15, -0.1) is 0 Å². The highest BCUT2D eigenvalue weighted by atomic mass is 19.1. The number of nitrogens with one attached hydrogen (secondary N) is 2. The Kier molecular flexibility index (Phi) is 3.50. The van der Waals surface area contributed by atoms with Crippen molar-refractivity contribution < 1.29 is 8.78 Å². The number of aromatic nitrogens is 4. The van der Waals surface area contributed by atoms with E-state index in [1.165, 1.54) is 10.5 Å². The summed E-state index contributed by atoms with van der Waals surface area (Å²) in [6, 6.07) is 14.0. The molecular weight excluding hydrogens is 328 g/mol. The first-order valence-corrected chi connectivity index (χ1v) is 7.37. The van der Waals surface area contributed by atoms with E-state index < -0.39 is 17.3 Å². The first-order valence-electron chi connectivity index (χ1n) is 7.37. The number of hydrogen-bond acceptors (Lipinski definition) is 4. The van der Waals surface area contributed by atoms with Crippen molar-refractivity contribution in [2.75, 3.05) is 5.32 Å². The molecule has 0 unspecified atom stereocenters. The van der Waals surface area contributed by atoms with Gasteiger partial charge in [0.25, 0.3) is 0 Å². The molecule has 2 aromatic heterocycles. The second-order valence-electron chi connectivity index (χ2n) is 5.30. The van der Waals surface area contributed by atoms with E-state index in [-0.39, 0.29) is 11.6 Å². The zero-order chi connectivity index (χ0) is 17.4. The SMILES string of the molecule is O=c1[nH]nc2cc(-c3ccccc3)nc(Nc3ccc(F)cc3F)n12. The molecule has 0 saturated heterocycles. The van der Waals surface area contributed by atoms with E-state index in [2.05, 4.69) is 20.5 Å². The van der Waals surface area contributed by atoms with Crippen molar-refractivity contribution in [3.8, 4) is 11.3 Å². The molecule has 4 rings (SSSR count). The number of fused-ring (bicyclic) bond motifs is 1. The van der Waals surface area contributed by atoms with Crippen molar-refractivity contribution in [2.24, 2.45) is 0 Å². The van der Waals surface area contributed by atoms with Crippen molar-refractivity contribution in [1.29, 1.82) is 0 Å². The summed E-state index contributed by atoms with van der Waals surface area (Å²) in [6.07, 6.45) is 0. The molecule has 2 heterocycles. The third-order valence-electron chi connectivity index (χ3n) is 3.65. The zero-order valence-corrected chi connectivity index (χ0v) is 12.7. The lowest BCUT2D eigenvalue weighted by Gasteiger charge is -2.10. The second-order valence-corrected chi connectivity index (χ2v) is 5.30. The summed E-state index contributed by atoms with van der Waals surface area (Å²) in [6.45, 7) is 0. The van der Waals surface area contributed by atoms with Crippen molar-refractivity contribution in [3.63, 3.8) is 0 Å². The Balaban J connectivity index is 1.89. The Hall–Kier alpha value is -3.55. The van der Waals surface area contributed by atoms with Crippen LogP contribution in [-0.4, -0.2) is 19.6 Å². The topological polar surface area (TPSA) is 75.1 Å². The summed E-state index contributed by atoms with van der Waals surface area (Å²) in [4.78, 5) is 16.4. The second kappa shape index (κ2) is 5.82. The number of nitrogens with zero attached hydrogens (tertiary/aromatic N) is 3. The van der Waals surface area contributed by atoms with Crippen LogP contribution in [0, 0.1) is 11.6 Å². The number of aromatic amines is 1. The average molecular weight is 339 g/mol. The van der Waals surface area contributed by atoms with Crippen LogP contribution >= 0.6 is 0 Å². The summed E-state index contributed by atoms with van der Waals surface area (Å²) in [5.74, 6) is -1.42. The fourth-order valence-electron chi connectivity index (χ4n) is 2.48. The van der Waals surface area contributed by atoms with Gasteiger partial charge < -0.3 is 5.32 Å². The monoisotopic (exact) mass is 339 g/mol. The van der Waals surface area contributed by atoms with Crippen LogP contribution in [0.4, 0.5) is 20.4 Å². The van der Waals surface area contributed by atoms with E-state index in [4.69, 9.17) is 0 Å². The van der Waals surface area contributed by atoms with Gasteiger partial charge in [0.05, 0.1) is 11.4 Å². The number of halogens is 2. The van der Waals surface area contributed by atoms with Gasteiger partial charge in [-0.25, -0.2) is 28.1 Å². The molecule has 25 heavy (non-hydrogen) atoms. The Morgan fingerprint density at radius 2 is 1.84 bits per heavy atom. The molecule has 0 aliphatic rings. The lowest BCUT2D eigenvalue weighted by Crippen LogP contribution is -2.15. The molecule has 4 aromatic rings. The van der Waals surface area contributed by atoms with E-state index in [9.17, 15) is 13.6 Å². The van der Waals surface area contributed by atoms with Crippen LogP contribution in [0.15, 0.2) is 59.4 Å². The number of benzene rings is 2. The Labute approximate surface area is 139 Å². The van der Waals surface area contributed by atoms with Gasteiger partial charge in [-0.2, -0.15) is 5.10 Å². The molecule has 124 valence electrons. The van der Waals surface area contributed by atoms with Gasteiger partial charge in [-0.3, -0.25) is 0 Å². The van der Waals surface area contributed by atoms with Crippen LogP contribution in [0.1, 0.15) is 0 Å². The summed E-state index contributed by atoms with van der Waals surface area (Å²) < 4.78 is 28.2. The van der Waals surface area contributed by atoms with E-state index in [0.717, 1.165) is 17.7 Å². The van der Waals surface area contributed by atoms with E-state index >= 15 is 0 Å². The van der Waals surface area contributed by atoms with Crippen LogP contribution in [0.3, 0.4) is 0 Å². The Morgan fingerprint density at radius 3 is 2.60 bits per heavy atom. The molecule has 0 aliphatic carbocycles. The number of rotatable bonds is 3. The number of hydrogen-bond donors (Lipinski definition) is 2. The van der Waals surface area contributed by atoms with Gasteiger partial charge in [0.2, 0.25) is 5.95 Å². The fraction of sp³-hybridized carbons (Fsp3) is 0. The predicted molar refractivity (Wildman–Crippen MR) is 88.7 cm³/mol. The molecule has 0 spiro atoms. The van der Waals surface area contributed by atoms with Crippen LogP contribution in [0.5, 0.6) is 0 Å².